The summed E-state index contributed by atoms with van der Waals surface area (Å²) in [5, 5.41) is 15.3. The first-order valence-corrected chi connectivity index (χ1v) is 17.1. The van der Waals surface area contributed by atoms with Crippen LogP contribution < -0.4 is 16.4 Å². The average molecular weight is 618 g/mol. The summed E-state index contributed by atoms with van der Waals surface area (Å²) in [4.78, 5) is 0. The highest BCUT2D eigenvalue weighted by atomic mass is 15.0. The Balaban J connectivity index is 1.33. The van der Waals surface area contributed by atoms with Gasteiger partial charge in [0.05, 0.1) is 23.4 Å². The third-order valence-corrected chi connectivity index (χ3v) is 11.7. The van der Waals surface area contributed by atoms with Crippen LogP contribution in [0.2, 0.25) is 0 Å². The molecule has 4 heterocycles. The SMILES string of the molecule is [2H]c1cc2c3c(c1)-n1c4ccc5ccccc5c4c4c5ccccc5cc(c41)B3c1cc3ccccc3c3c4c5ccccc5ccc4n-2c13. The van der Waals surface area contributed by atoms with Gasteiger partial charge in [0.25, 0.3) is 6.71 Å². The van der Waals surface area contributed by atoms with Crippen molar-refractivity contribution in [2.24, 2.45) is 0 Å². The van der Waals surface area contributed by atoms with Gasteiger partial charge in [-0.2, -0.15) is 0 Å². The van der Waals surface area contributed by atoms with Crippen molar-refractivity contribution in [3.05, 3.63) is 152 Å². The van der Waals surface area contributed by atoms with E-state index >= 15 is 0 Å². The molecule has 49 heavy (non-hydrogen) atoms. The molecule has 0 unspecified atom stereocenters. The van der Waals surface area contributed by atoms with E-state index in [4.69, 9.17) is 0 Å². The zero-order chi connectivity index (χ0) is 32.4. The van der Waals surface area contributed by atoms with Crippen LogP contribution in [0.1, 0.15) is 1.37 Å². The second kappa shape index (κ2) is 8.39. The van der Waals surface area contributed by atoms with Crippen molar-refractivity contribution < 1.29 is 1.37 Å². The number of aromatic nitrogens is 2. The van der Waals surface area contributed by atoms with Gasteiger partial charge in [-0.15, -0.1) is 0 Å². The number of fused-ring (bicyclic) bond motifs is 18. The Morgan fingerprint density at radius 3 is 1.29 bits per heavy atom. The van der Waals surface area contributed by atoms with Crippen molar-refractivity contribution >= 4 is 110 Å². The van der Waals surface area contributed by atoms with E-state index in [1.54, 1.807) is 0 Å². The lowest BCUT2D eigenvalue weighted by Crippen LogP contribution is -2.59. The Morgan fingerprint density at radius 2 is 0.816 bits per heavy atom. The topological polar surface area (TPSA) is 9.86 Å². The second-order valence-corrected chi connectivity index (χ2v) is 13.9. The molecule has 0 bridgehead atoms. The normalized spacial score (nSPS) is 13.6. The number of rotatable bonds is 0. The molecule has 0 N–H and O–H groups in total. The Hall–Kier alpha value is -6.32. The fourth-order valence-corrected chi connectivity index (χ4v) is 9.93. The number of hydrogen-bond acceptors (Lipinski definition) is 0. The minimum absolute atomic E-state index is 0.00552. The predicted molar refractivity (Wildman–Crippen MR) is 210 cm³/mol. The summed E-state index contributed by atoms with van der Waals surface area (Å²) in [6, 6.07) is 54.3. The Kier molecular flexibility index (Phi) is 4.10. The molecular formula is C46H25BN2. The van der Waals surface area contributed by atoms with Crippen LogP contribution in [0.25, 0.3) is 98.1 Å². The quantitative estimate of drug-likeness (QED) is 0.150. The molecule has 0 aliphatic carbocycles. The zero-order valence-corrected chi connectivity index (χ0v) is 26.3. The van der Waals surface area contributed by atoms with Gasteiger partial charge in [-0.1, -0.05) is 127 Å². The first-order valence-electron chi connectivity index (χ1n) is 17.6. The summed E-state index contributed by atoms with van der Waals surface area (Å²) in [7, 11) is 0. The molecule has 9 aromatic carbocycles. The molecule has 2 aliphatic rings. The lowest BCUT2D eigenvalue weighted by molar-refractivity contribution is 1.14. The molecule has 222 valence electrons. The fourth-order valence-electron chi connectivity index (χ4n) is 9.93. The van der Waals surface area contributed by atoms with E-state index in [-0.39, 0.29) is 6.71 Å². The van der Waals surface area contributed by atoms with Crippen LogP contribution in [0.3, 0.4) is 0 Å². The highest BCUT2D eigenvalue weighted by molar-refractivity contribution is 7.00. The Bertz CT molecular complexity index is 3180. The third kappa shape index (κ3) is 2.78. The summed E-state index contributed by atoms with van der Waals surface area (Å²) in [5.41, 5.74) is 11.1. The molecule has 0 atom stereocenters. The first kappa shape index (κ1) is 23.9. The van der Waals surface area contributed by atoms with Crippen LogP contribution >= 0.6 is 0 Å². The van der Waals surface area contributed by atoms with Crippen molar-refractivity contribution in [3.63, 3.8) is 0 Å². The molecule has 13 rings (SSSR count). The minimum atomic E-state index is 0.00552. The standard InChI is InChI=1S/C46H25BN2/c1-5-14-30-26(10-1)20-22-36-40(30)42-32-16-7-3-12-28(32)24-34-45(42)48(36)38-18-9-19-39-44(38)47(34)35-25-29-13-4-8-17-33(29)43-41-31-15-6-2-11-27(31)21-23-37(41)49(39)46(35)43/h1-25H/i9D. The molecule has 2 nitrogen and oxygen atoms in total. The van der Waals surface area contributed by atoms with Crippen molar-refractivity contribution in [1.29, 1.82) is 0 Å². The van der Waals surface area contributed by atoms with E-state index in [0.717, 1.165) is 11.4 Å². The largest absolute Gasteiger partial charge is 0.310 e. The van der Waals surface area contributed by atoms with Crippen molar-refractivity contribution in [2.45, 2.75) is 0 Å². The maximum Gasteiger partial charge on any atom is 0.252 e. The van der Waals surface area contributed by atoms with Gasteiger partial charge in [0.15, 0.2) is 0 Å². The average Bonchev–Trinajstić information content (AvgIpc) is 3.71. The van der Waals surface area contributed by atoms with Crippen LogP contribution in [0, 0.1) is 0 Å². The van der Waals surface area contributed by atoms with Gasteiger partial charge >= 0.3 is 0 Å². The van der Waals surface area contributed by atoms with Gasteiger partial charge < -0.3 is 9.13 Å². The van der Waals surface area contributed by atoms with E-state index in [1.807, 2.05) is 0 Å². The molecule has 0 saturated carbocycles. The molecule has 2 aliphatic heterocycles. The molecule has 0 radical (unpaired) electrons. The van der Waals surface area contributed by atoms with Crippen LogP contribution in [0.15, 0.2) is 152 Å². The van der Waals surface area contributed by atoms with Gasteiger partial charge in [0, 0.05) is 32.9 Å². The maximum atomic E-state index is 9.34. The summed E-state index contributed by atoms with van der Waals surface area (Å²) >= 11 is 0. The monoisotopic (exact) mass is 617 g/mol. The van der Waals surface area contributed by atoms with Gasteiger partial charge in [0.1, 0.15) is 0 Å². The van der Waals surface area contributed by atoms with E-state index in [0.29, 0.717) is 6.04 Å². The molecule has 2 aromatic heterocycles. The smallest absolute Gasteiger partial charge is 0.252 e. The number of nitrogens with zero attached hydrogens (tertiary/aromatic N) is 2. The molecule has 0 saturated heterocycles. The molecule has 0 spiro atoms. The van der Waals surface area contributed by atoms with Crippen molar-refractivity contribution in [1.82, 2.24) is 9.13 Å². The van der Waals surface area contributed by atoms with Crippen molar-refractivity contribution in [2.75, 3.05) is 0 Å². The van der Waals surface area contributed by atoms with Gasteiger partial charge in [0.2, 0.25) is 0 Å². The van der Waals surface area contributed by atoms with E-state index in [9.17, 15) is 1.37 Å². The Morgan fingerprint density at radius 1 is 0.408 bits per heavy atom. The fraction of sp³-hybridized carbons (Fsp3) is 0. The summed E-state index contributed by atoms with van der Waals surface area (Å²) in [6.45, 7) is 0.00552. The Labute approximate surface area is 282 Å². The minimum Gasteiger partial charge on any atom is -0.310 e. The van der Waals surface area contributed by atoms with Crippen LogP contribution in [-0.4, -0.2) is 15.8 Å². The van der Waals surface area contributed by atoms with E-state index in [2.05, 4.69) is 155 Å². The molecule has 0 amide bonds. The van der Waals surface area contributed by atoms with Crippen LogP contribution in [0.4, 0.5) is 0 Å². The second-order valence-electron chi connectivity index (χ2n) is 13.9. The van der Waals surface area contributed by atoms with Crippen LogP contribution in [-0.2, 0) is 0 Å². The first-order chi connectivity index (χ1) is 24.7. The maximum absolute atomic E-state index is 9.34. The number of benzene rings is 9. The summed E-state index contributed by atoms with van der Waals surface area (Å²) < 4.78 is 14.3. The zero-order valence-electron chi connectivity index (χ0n) is 27.3. The summed E-state index contributed by atoms with van der Waals surface area (Å²) in [5.74, 6) is 0. The van der Waals surface area contributed by atoms with Crippen molar-refractivity contribution in [3.8, 4) is 11.4 Å². The summed E-state index contributed by atoms with van der Waals surface area (Å²) in [6.07, 6.45) is 0. The molecule has 0 fully saturated rings. The highest BCUT2D eigenvalue weighted by Crippen LogP contribution is 2.45. The van der Waals surface area contributed by atoms with Gasteiger partial charge in [-0.3, -0.25) is 0 Å². The lowest BCUT2D eigenvalue weighted by Gasteiger charge is -2.34. The van der Waals surface area contributed by atoms with E-state index < -0.39 is 0 Å². The molecular weight excluding hydrogens is 591 g/mol. The van der Waals surface area contributed by atoms with Gasteiger partial charge in [-0.05, 0) is 83.7 Å². The van der Waals surface area contributed by atoms with Crippen LogP contribution in [0.5, 0.6) is 0 Å². The predicted octanol–water partition coefficient (Wildman–Crippen LogP) is 9.64. The highest BCUT2D eigenvalue weighted by Gasteiger charge is 2.41. The number of hydrogen-bond donors (Lipinski definition) is 0. The lowest BCUT2D eigenvalue weighted by atomic mass is 9.34. The molecule has 3 heteroatoms. The van der Waals surface area contributed by atoms with E-state index in [1.165, 1.54) is 103 Å². The third-order valence-electron chi connectivity index (χ3n) is 11.7. The van der Waals surface area contributed by atoms with Gasteiger partial charge in [-0.25, -0.2) is 0 Å². The molecule has 11 aromatic rings.